The van der Waals surface area contributed by atoms with Crippen molar-refractivity contribution >= 4 is 28.5 Å². The highest BCUT2D eigenvalue weighted by Crippen LogP contribution is 2.32. The fourth-order valence-electron chi connectivity index (χ4n) is 6.06. The van der Waals surface area contributed by atoms with Gasteiger partial charge in [-0.3, -0.25) is 0 Å². The maximum absolute atomic E-state index is 13.7. The van der Waals surface area contributed by atoms with E-state index in [0.29, 0.717) is 16.7 Å². The van der Waals surface area contributed by atoms with Gasteiger partial charge in [0.2, 0.25) is 5.82 Å². The zero-order valence-electron chi connectivity index (χ0n) is 41.0. The van der Waals surface area contributed by atoms with Crippen LogP contribution >= 0.6 is 15.9 Å². The average molecular weight is 1140 g/mol. The molecule has 76 heavy (non-hydrogen) atoms. The van der Waals surface area contributed by atoms with Crippen LogP contribution in [0.3, 0.4) is 0 Å². The van der Waals surface area contributed by atoms with Crippen molar-refractivity contribution in [3.8, 4) is 39.1 Å². The second kappa shape index (κ2) is 29.1. The lowest BCUT2D eigenvalue weighted by Crippen LogP contribution is -2.33. The number of phenolic OH excluding ortho intramolecular Hbond substituents is 1. The Morgan fingerprint density at radius 2 is 0.724 bits per heavy atom. The van der Waals surface area contributed by atoms with Crippen LogP contribution in [0.1, 0.15) is 27.8 Å². The maximum atomic E-state index is 13.7. The third-order valence-corrected chi connectivity index (χ3v) is 11.1. The van der Waals surface area contributed by atoms with Crippen LogP contribution in [0.5, 0.6) is 5.75 Å². The Morgan fingerprint density at radius 3 is 1.16 bits per heavy atom. The number of rotatable bonds is 4. The molecule has 0 aliphatic rings. The van der Waals surface area contributed by atoms with Crippen LogP contribution < -0.4 is 5.46 Å². The van der Waals surface area contributed by atoms with Crippen LogP contribution in [0.2, 0.25) is 0 Å². The van der Waals surface area contributed by atoms with Crippen molar-refractivity contribution in [3.63, 3.8) is 0 Å². The minimum absolute atomic E-state index is 0.0759. The summed E-state index contributed by atoms with van der Waals surface area (Å²) >= 11 is 2.83. The molecule has 0 heterocycles. The minimum Gasteiger partial charge on any atom is -0.505 e. The van der Waals surface area contributed by atoms with Gasteiger partial charge in [0.1, 0.15) is 11.6 Å². The van der Waals surface area contributed by atoms with Gasteiger partial charge in [-0.15, -0.1) is 0 Å². The Morgan fingerprint density at radius 1 is 0.355 bits per heavy atom. The molecule has 8 aromatic rings. The van der Waals surface area contributed by atoms with E-state index < -0.39 is 99.8 Å². The van der Waals surface area contributed by atoms with Gasteiger partial charge in [-0.2, -0.15) is 14.6 Å². The molecular weight excluding hydrogens is 1090 g/mol. The summed E-state index contributed by atoms with van der Waals surface area (Å²) in [6.45, 7) is 7.46. The third kappa shape index (κ3) is 16.6. The fourth-order valence-corrected chi connectivity index (χ4v) is 6.40. The molecule has 8 aromatic carbocycles. The van der Waals surface area contributed by atoms with Crippen LogP contribution in [-0.4, -0.2) is 36.4 Å². The first kappa shape index (κ1) is 62.9. The Hall–Kier alpha value is -7.36. The predicted molar refractivity (Wildman–Crippen MR) is 268 cm³/mol. The van der Waals surface area contributed by atoms with Crippen molar-refractivity contribution in [2.24, 2.45) is 10.2 Å². The lowest BCUT2D eigenvalue weighted by molar-refractivity contribution is 0.408. The molecule has 0 aliphatic heterocycles. The lowest BCUT2D eigenvalue weighted by Gasteiger charge is -2.07. The first-order valence-corrected chi connectivity index (χ1v) is 22.6. The van der Waals surface area contributed by atoms with Crippen molar-refractivity contribution in [1.82, 2.24) is 0 Å². The van der Waals surface area contributed by atoms with Gasteiger partial charge in [-0.05, 0) is 132 Å². The smallest absolute Gasteiger partial charge is 0.491 e. The Balaban J connectivity index is 0.000000249. The normalized spacial score (nSPS) is 10.4. The van der Waals surface area contributed by atoms with Crippen LogP contribution in [-0.2, 0) is 0 Å². The first-order chi connectivity index (χ1) is 35.7. The molecule has 3 N–H and O–H groups in total. The quantitative estimate of drug-likeness (QED) is 0.0710. The summed E-state index contributed by atoms with van der Waals surface area (Å²) in [5.74, 6) is -14.4. The van der Waals surface area contributed by atoms with E-state index in [2.05, 4.69) is 26.2 Å². The van der Waals surface area contributed by atoms with Crippen molar-refractivity contribution < 1.29 is 76.6 Å². The van der Waals surface area contributed by atoms with Crippen LogP contribution in [0.15, 0.2) is 136 Å². The molecule has 8 rings (SSSR count). The van der Waals surface area contributed by atoms with Crippen molar-refractivity contribution in [1.29, 1.82) is 0 Å². The lowest BCUT2D eigenvalue weighted by atomic mass is 9.79. The Labute approximate surface area is 436 Å². The molecule has 0 fully saturated rings. The first-order valence-electron chi connectivity index (χ1n) is 21.8. The Bertz CT molecular complexity index is 3200. The second-order valence-electron chi connectivity index (χ2n) is 15.8. The van der Waals surface area contributed by atoms with E-state index in [1.807, 2.05) is 0 Å². The SMILES string of the molecule is CN=NC.Cc1ccc(-c2ccc(C)c(F)c2F)cc1F.Cc1ccc(-c2ccc(O)c(F)c2F)cc1F.Cc1ccc(-c2cccc(F)c2F)c(F)c1F.Cc1ccc(B(O)O)c(F)c1F.Fc1cccc(Br)c1F. The number of nitrogens with zero attached hydrogens (tertiary/aromatic N) is 2. The summed E-state index contributed by atoms with van der Waals surface area (Å²) in [5, 5.41) is 32.8. The summed E-state index contributed by atoms with van der Waals surface area (Å²) in [7, 11) is 1.31. The summed E-state index contributed by atoms with van der Waals surface area (Å²) < 4.78 is 184. The molecule has 21 heteroatoms. The number of benzene rings is 8. The maximum Gasteiger partial charge on any atom is 0.491 e. The molecule has 400 valence electrons. The number of azo groups is 1. The van der Waals surface area contributed by atoms with Gasteiger partial charge in [-0.1, -0.05) is 78.9 Å². The molecular formula is C55H44BBrF14N2O3. The van der Waals surface area contributed by atoms with Gasteiger partial charge < -0.3 is 15.2 Å². The topological polar surface area (TPSA) is 85.4 Å². The van der Waals surface area contributed by atoms with Gasteiger partial charge in [0.25, 0.3) is 0 Å². The second-order valence-corrected chi connectivity index (χ2v) is 16.7. The molecule has 0 spiro atoms. The monoisotopic (exact) mass is 1140 g/mol. The molecule has 0 bridgehead atoms. The van der Waals surface area contributed by atoms with Gasteiger partial charge in [0.15, 0.2) is 69.7 Å². The summed E-state index contributed by atoms with van der Waals surface area (Å²) in [6.07, 6.45) is 0. The number of halogens is 15. The van der Waals surface area contributed by atoms with E-state index in [1.165, 1.54) is 99.6 Å². The van der Waals surface area contributed by atoms with Crippen LogP contribution in [0.4, 0.5) is 61.5 Å². The fraction of sp³-hybridized carbons (Fsp3) is 0.127. The Kier molecular flexibility index (Phi) is 24.1. The average Bonchev–Trinajstić information content (AvgIpc) is 3.39. The number of aryl methyl sites for hydroxylation is 5. The number of aromatic hydroxyl groups is 1. The van der Waals surface area contributed by atoms with E-state index in [-0.39, 0.29) is 49.0 Å². The molecule has 0 atom stereocenters. The van der Waals surface area contributed by atoms with Gasteiger partial charge >= 0.3 is 7.12 Å². The summed E-state index contributed by atoms with van der Waals surface area (Å²) in [5.41, 5.74) is 0.916. The molecule has 0 radical (unpaired) electrons. The van der Waals surface area contributed by atoms with Crippen molar-refractivity contribution in [3.05, 3.63) is 235 Å². The van der Waals surface area contributed by atoms with Crippen molar-refractivity contribution in [2.45, 2.75) is 34.6 Å². The van der Waals surface area contributed by atoms with E-state index in [9.17, 15) is 61.5 Å². The van der Waals surface area contributed by atoms with E-state index in [1.54, 1.807) is 40.1 Å². The van der Waals surface area contributed by atoms with E-state index in [4.69, 9.17) is 15.2 Å². The highest BCUT2D eigenvalue weighted by molar-refractivity contribution is 9.10. The van der Waals surface area contributed by atoms with E-state index in [0.717, 1.165) is 30.3 Å². The summed E-state index contributed by atoms with van der Waals surface area (Å²) in [6, 6.07) is 25.9. The molecule has 0 aromatic heterocycles. The van der Waals surface area contributed by atoms with Crippen molar-refractivity contribution in [2.75, 3.05) is 14.1 Å². The largest absolute Gasteiger partial charge is 0.505 e. The van der Waals surface area contributed by atoms with Crippen LogP contribution in [0, 0.1) is 116 Å². The minimum atomic E-state index is -1.97. The summed E-state index contributed by atoms with van der Waals surface area (Å²) in [4.78, 5) is 0. The molecule has 0 saturated heterocycles. The molecule has 0 amide bonds. The van der Waals surface area contributed by atoms with Gasteiger partial charge in [0, 0.05) is 41.8 Å². The highest BCUT2D eigenvalue weighted by atomic mass is 79.9. The van der Waals surface area contributed by atoms with E-state index >= 15 is 0 Å². The number of hydrogen-bond acceptors (Lipinski definition) is 5. The van der Waals surface area contributed by atoms with Crippen LogP contribution in [0.25, 0.3) is 33.4 Å². The zero-order chi connectivity index (χ0) is 57.3. The standard InChI is InChI=1S/C14H11F3.C13H8F4.C13H9F3O.C7H7BF2O2.C6H3BrF2.C2H6N2/c1-8-3-5-10(7-12(8)15)11-6-4-9(2)13(16)14(11)17;1-7-5-6-9(13(17)11(7)15)8-3-2-4-10(14)12(8)16;1-7-2-3-8(6-10(7)14)9-4-5-11(17)13(16)12(9)15;1-4-2-3-5(8(11)12)7(10)6(4)9;7-4-2-1-3-5(8)6(4)9;1-3-4-2/h3-7H,1-2H3;2-6H,1H3;2-6,17H,1H3;2-3,11-12H,1H3;1-3H;1-2H3. The molecule has 0 unspecified atom stereocenters. The molecule has 0 aliphatic carbocycles. The highest BCUT2D eigenvalue weighted by Gasteiger charge is 2.21. The van der Waals surface area contributed by atoms with Gasteiger partial charge in [0.05, 0.1) is 4.47 Å². The zero-order valence-corrected chi connectivity index (χ0v) is 42.6. The number of hydrogen-bond donors (Lipinski definition) is 3. The molecule has 0 saturated carbocycles. The third-order valence-electron chi connectivity index (χ3n) is 10.5. The predicted octanol–water partition coefficient (Wildman–Crippen LogP) is 15.8. The molecule has 5 nitrogen and oxygen atoms in total. The van der Waals surface area contributed by atoms with Gasteiger partial charge in [-0.25, -0.2) is 57.1 Å². The number of phenols is 1.